The molecule has 0 radical (unpaired) electrons. The molecule has 0 spiro atoms. The van der Waals surface area contributed by atoms with Gasteiger partial charge >= 0.3 is 0 Å². The minimum atomic E-state index is 0.176. The Morgan fingerprint density at radius 1 is 0.812 bits per heavy atom. The average Bonchev–Trinajstić information content (AvgIpc) is 3.14. The lowest BCUT2D eigenvalue weighted by atomic mass is 9.77. The van der Waals surface area contributed by atoms with Gasteiger partial charge in [-0.1, -0.05) is 134 Å². The van der Waals surface area contributed by atoms with Crippen molar-refractivity contribution in [3.8, 4) is 39.6 Å². The molecule has 0 saturated carbocycles. The molecule has 0 fully saturated rings. The van der Waals surface area contributed by atoms with Crippen molar-refractivity contribution in [3.63, 3.8) is 0 Å². The van der Waals surface area contributed by atoms with E-state index in [1.165, 1.54) is 27.8 Å². The van der Waals surface area contributed by atoms with Crippen molar-refractivity contribution in [2.75, 3.05) is 0 Å². The van der Waals surface area contributed by atoms with Crippen LogP contribution in [0.2, 0.25) is 0 Å². The van der Waals surface area contributed by atoms with Gasteiger partial charge < -0.3 is 5.73 Å². The Balaban J connectivity index is 1.15. The summed E-state index contributed by atoms with van der Waals surface area (Å²) in [5.41, 5.74) is 21.9. The van der Waals surface area contributed by atoms with Gasteiger partial charge in [-0.2, -0.15) is 5.26 Å². The molecule has 0 aliphatic heterocycles. The van der Waals surface area contributed by atoms with Gasteiger partial charge in [0.25, 0.3) is 0 Å². The summed E-state index contributed by atoms with van der Waals surface area (Å²) in [5.74, 6) is 0.491. The van der Waals surface area contributed by atoms with Crippen LogP contribution in [0.3, 0.4) is 0 Å². The molecule has 48 heavy (non-hydrogen) atoms. The summed E-state index contributed by atoms with van der Waals surface area (Å²) >= 11 is 0. The first-order chi connectivity index (χ1) is 23.5. The molecule has 2 aliphatic rings. The number of pyridine rings is 1. The molecule has 0 amide bonds. The van der Waals surface area contributed by atoms with Crippen LogP contribution in [-0.4, -0.2) is 4.98 Å². The van der Waals surface area contributed by atoms with Crippen LogP contribution in [0.25, 0.3) is 39.6 Å². The number of nitrogens with zero attached hydrogens (tertiary/aromatic N) is 2. The van der Waals surface area contributed by atoms with E-state index in [0.29, 0.717) is 11.5 Å². The molecule has 7 rings (SSSR count). The quantitative estimate of drug-likeness (QED) is 0.206. The second-order valence-electron chi connectivity index (χ2n) is 12.6. The molecule has 2 unspecified atom stereocenters. The Morgan fingerprint density at radius 2 is 1.58 bits per heavy atom. The van der Waals surface area contributed by atoms with Crippen LogP contribution in [0.5, 0.6) is 0 Å². The zero-order valence-electron chi connectivity index (χ0n) is 27.3. The SMILES string of the molecule is Cc1cccc(-c2ccc(-c3cccc(C#N)c3)cc2)c1C1C=C(/C(N)=C/C=C2/C=Cc3ccc(-c4ccccc4)nc3C2)C=CC1C. The summed E-state index contributed by atoms with van der Waals surface area (Å²) in [5, 5.41) is 9.34. The maximum Gasteiger partial charge on any atom is 0.0991 e. The highest BCUT2D eigenvalue weighted by Crippen LogP contribution is 2.41. The van der Waals surface area contributed by atoms with E-state index in [0.717, 1.165) is 51.3 Å². The zero-order valence-corrected chi connectivity index (χ0v) is 27.3. The monoisotopic (exact) mass is 619 g/mol. The van der Waals surface area contributed by atoms with Gasteiger partial charge in [-0.05, 0) is 87.2 Å². The maximum absolute atomic E-state index is 9.34. The van der Waals surface area contributed by atoms with Crippen LogP contribution in [0.1, 0.15) is 40.8 Å². The summed E-state index contributed by atoms with van der Waals surface area (Å²) in [6.07, 6.45) is 16.0. The number of fused-ring (bicyclic) bond motifs is 1. The minimum absolute atomic E-state index is 0.176. The molecule has 2 N–H and O–H groups in total. The van der Waals surface area contributed by atoms with E-state index in [1.54, 1.807) is 0 Å². The van der Waals surface area contributed by atoms with Crippen LogP contribution >= 0.6 is 0 Å². The van der Waals surface area contributed by atoms with Crippen molar-refractivity contribution < 1.29 is 0 Å². The summed E-state index contributed by atoms with van der Waals surface area (Å²) in [6.45, 7) is 4.48. The van der Waals surface area contributed by atoms with Crippen LogP contribution < -0.4 is 5.73 Å². The van der Waals surface area contributed by atoms with Crippen LogP contribution in [-0.2, 0) is 6.42 Å². The first-order valence-corrected chi connectivity index (χ1v) is 16.5. The lowest BCUT2D eigenvalue weighted by Crippen LogP contribution is -2.14. The van der Waals surface area contributed by atoms with E-state index in [9.17, 15) is 5.26 Å². The topological polar surface area (TPSA) is 62.7 Å². The van der Waals surface area contributed by atoms with E-state index >= 15 is 0 Å². The zero-order chi connectivity index (χ0) is 33.0. The number of aromatic nitrogens is 1. The van der Waals surface area contributed by atoms with Gasteiger partial charge in [0, 0.05) is 23.6 Å². The van der Waals surface area contributed by atoms with Crippen LogP contribution in [0.15, 0.2) is 162 Å². The van der Waals surface area contributed by atoms with E-state index < -0.39 is 0 Å². The number of allylic oxidation sites excluding steroid dienone is 7. The molecular weight excluding hydrogens is 583 g/mol. The molecule has 232 valence electrons. The first-order valence-electron chi connectivity index (χ1n) is 16.5. The Bertz CT molecular complexity index is 2190. The number of benzene rings is 4. The van der Waals surface area contributed by atoms with E-state index in [2.05, 4.69) is 123 Å². The predicted molar refractivity (Wildman–Crippen MR) is 199 cm³/mol. The Kier molecular flexibility index (Phi) is 8.56. The van der Waals surface area contributed by atoms with Crippen molar-refractivity contribution in [1.82, 2.24) is 4.98 Å². The van der Waals surface area contributed by atoms with Gasteiger partial charge in [0.2, 0.25) is 0 Å². The molecule has 2 aliphatic carbocycles. The fourth-order valence-electron chi connectivity index (χ4n) is 6.73. The Morgan fingerprint density at radius 3 is 2.40 bits per heavy atom. The summed E-state index contributed by atoms with van der Waals surface area (Å²) < 4.78 is 0. The third-order valence-corrected chi connectivity index (χ3v) is 9.42. The van der Waals surface area contributed by atoms with Crippen molar-refractivity contribution in [2.45, 2.75) is 26.2 Å². The van der Waals surface area contributed by atoms with Gasteiger partial charge in [0.15, 0.2) is 0 Å². The maximum atomic E-state index is 9.34. The molecule has 3 heteroatoms. The Labute approximate surface area is 283 Å². The normalized spacial score (nSPS) is 17.9. The summed E-state index contributed by atoms with van der Waals surface area (Å²) in [7, 11) is 0. The number of nitriles is 1. The molecule has 1 aromatic heterocycles. The molecule has 0 bridgehead atoms. The van der Waals surface area contributed by atoms with Gasteiger partial charge in [0.1, 0.15) is 0 Å². The lowest BCUT2D eigenvalue weighted by Gasteiger charge is -2.28. The number of aryl methyl sites for hydroxylation is 1. The van der Waals surface area contributed by atoms with Crippen LogP contribution in [0, 0.1) is 24.2 Å². The second-order valence-corrected chi connectivity index (χ2v) is 12.6. The molecule has 5 aromatic rings. The smallest absolute Gasteiger partial charge is 0.0991 e. The fourth-order valence-corrected chi connectivity index (χ4v) is 6.73. The number of rotatable bonds is 6. The van der Waals surface area contributed by atoms with Crippen molar-refractivity contribution in [3.05, 3.63) is 190 Å². The van der Waals surface area contributed by atoms with Gasteiger partial charge in [0.05, 0.1) is 23.0 Å². The standard InChI is InChI=1S/C45H37N3/c1-30-14-17-39(42(47)24-16-32-15-18-37-23-25-43(48-44(37)27-32)36-10-4-3-5-11-36)28-41(30)45-31(2)8-6-13-40(45)35-21-19-34(20-22-35)38-12-7-9-33(26-38)29-46/h3-26,28,30,41H,27,47H2,1-2H3/b32-16-,42-24-. The lowest BCUT2D eigenvalue weighted by molar-refractivity contribution is 0.629. The van der Waals surface area contributed by atoms with E-state index in [4.69, 9.17) is 10.7 Å². The number of hydrogen-bond acceptors (Lipinski definition) is 3. The van der Waals surface area contributed by atoms with Gasteiger partial charge in [-0.15, -0.1) is 0 Å². The third-order valence-electron chi connectivity index (χ3n) is 9.42. The molecule has 4 aromatic carbocycles. The minimum Gasteiger partial charge on any atom is -0.398 e. The molecule has 2 atom stereocenters. The van der Waals surface area contributed by atoms with Crippen molar-refractivity contribution >= 4 is 6.08 Å². The second kappa shape index (κ2) is 13.4. The highest BCUT2D eigenvalue weighted by atomic mass is 14.7. The van der Waals surface area contributed by atoms with Gasteiger partial charge in [-0.3, -0.25) is 4.98 Å². The Hall–Kier alpha value is -5.98. The first kappa shape index (κ1) is 30.7. The van der Waals surface area contributed by atoms with Crippen molar-refractivity contribution in [1.29, 1.82) is 5.26 Å². The highest BCUT2D eigenvalue weighted by Gasteiger charge is 2.24. The summed E-state index contributed by atoms with van der Waals surface area (Å²) in [6, 6.07) is 39.8. The predicted octanol–water partition coefficient (Wildman–Crippen LogP) is 10.5. The third kappa shape index (κ3) is 6.34. The van der Waals surface area contributed by atoms with Crippen molar-refractivity contribution in [2.24, 2.45) is 11.7 Å². The molecule has 1 heterocycles. The fraction of sp³-hybridized carbons (Fsp3) is 0.111. The number of hydrogen-bond donors (Lipinski definition) is 1. The highest BCUT2D eigenvalue weighted by molar-refractivity contribution is 5.75. The van der Waals surface area contributed by atoms with E-state index in [1.807, 2.05) is 48.5 Å². The van der Waals surface area contributed by atoms with Crippen LogP contribution in [0.4, 0.5) is 0 Å². The molecule has 3 nitrogen and oxygen atoms in total. The average molecular weight is 620 g/mol. The molecule has 0 saturated heterocycles. The molecular formula is C45H37N3. The number of nitrogens with two attached hydrogens (primary N) is 1. The van der Waals surface area contributed by atoms with Gasteiger partial charge in [-0.25, -0.2) is 0 Å². The van der Waals surface area contributed by atoms with E-state index in [-0.39, 0.29) is 5.92 Å². The summed E-state index contributed by atoms with van der Waals surface area (Å²) in [4.78, 5) is 4.99. The largest absolute Gasteiger partial charge is 0.398 e.